The molecule has 1 aliphatic rings. The molecule has 0 aromatic carbocycles. The van der Waals surface area contributed by atoms with Gasteiger partial charge in [0.2, 0.25) is 4.96 Å². The van der Waals surface area contributed by atoms with Crippen LogP contribution in [0.1, 0.15) is 29.6 Å². The highest BCUT2D eigenvalue weighted by atomic mass is 32.1. The van der Waals surface area contributed by atoms with E-state index >= 15 is 0 Å². The Morgan fingerprint density at radius 2 is 2.19 bits per heavy atom. The third-order valence-corrected chi connectivity index (χ3v) is 5.34. The quantitative estimate of drug-likeness (QED) is 0.788. The molecule has 1 fully saturated rings. The van der Waals surface area contributed by atoms with E-state index in [1.54, 1.807) is 11.3 Å². The summed E-state index contributed by atoms with van der Waals surface area (Å²) < 4.78 is 7.26. The molecule has 110 valence electrons. The van der Waals surface area contributed by atoms with Crippen LogP contribution in [0.3, 0.4) is 0 Å². The highest BCUT2D eigenvalue weighted by Crippen LogP contribution is 2.30. The van der Waals surface area contributed by atoms with Crippen LogP contribution in [0.2, 0.25) is 0 Å². The zero-order valence-electron chi connectivity index (χ0n) is 11.2. The van der Waals surface area contributed by atoms with Gasteiger partial charge in [0.15, 0.2) is 10.8 Å². The van der Waals surface area contributed by atoms with Gasteiger partial charge in [-0.2, -0.15) is 9.61 Å². The minimum Gasteiger partial charge on any atom is -0.381 e. The van der Waals surface area contributed by atoms with E-state index in [1.165, 1.54) is 11.3 Å². The number of aromatic nitrogens is 5. The first kappa shape index (κ1) is 13.3. The molecule has 0 amide bonds. The Labute approximate surface area is 128 Å². The molecule has 3 aromatic heterocycles. The van der Waals surface area contributed by atoms with Crippen molar-refractivity contribution in [3.8, 4) is 10.7 Å². The van der Waals surface area contributed by atoms with Crippen LogP contribution in [0.25, 0.3) is 15.7 Å². The summed E-state index contributed by atoms with van der Waals surface area (Å²) in [5.41, 5.74) is 6.48. The Morgan fingerprint density at radius 1 is 1.33 bits per heavy atom. The van der Waals surface area contributed by atoms with Gasteiger partial charge < -0.3 is 10.5 Å². The molecule has 7 nitrogen and oxygen atoms in total. The summed E-state index contributed by atoms with van der Waals surface area (Å²) in [6.07, 6.45) is 1.95. The summed E-state index contributed by atoms with van der Waals surface area (Å²) >= 11 is 3.07. The van der Waals surface area contributed by atoms with E-state index < -0.39 is 0 Å². The van der Waals surface area contributed by atoms with Gasteiger partial charge in [-0.3, -0.25) is 0 Å². The highest BCUT2D eigenvalue weighted by Gasteiger charge is 2.23. The smallest absolute Gasteiger partial charge is 0.235 e. The molecule has 2 N–H and O–H groups in total. The molecule has 0 bridgehead atoms. The van der Waals surface area contributed by atoms with E-state index in [4.69, 9.17) is 10.5 Å². The van der Waals surface area contributed by atoms with E-state index in [9.17, 15) is 0 Å². The van der Waals surface area contributed by atoms with Crippen molar-refractivity contribution in [3.63, 3.8) is 0 Å². The second kappa shape index (κ2) is 5.41. The summed E-state index contributed by atoms with van der Waals surface area (Å²) in [7, 11) is 0. The van der Waals surface area contributed by atoms with Crippen LogP contribution < -0.4 is 5.73 Å². The maximum absolute atomic E-state index is 5.61. The van der Waals surface area contributed by atoms with Crippen LogP contribution in [-0.4, -0.2) is 38.0 Å². The second-order valence-electron chi connectivity index (χ2n) is 4.88. The summed E-state index contributed by atoms with van der Waals surface area (Å²) in [6.45, 7) is 2.02. The van der Waals surface area contributed by atoms with Crippen molar-refractivity contribution in [3.05, 3.63) is 16.2 Å². The van der Waals surface area contributed by atoms with Gasteiger partial charge in [0, 0.05) is 31.1 Å². The fourth-order valence-corrected chi connectivity index (χ4v) is 3.99. The third kappa shape index (κ3) is 2.35. The molecule has 21 heavy (non-hydrogen) atoms. The number of hydrogen-bond acceptors (Lipinski definition) is 8. The summed E-state index contributed by atoms with van der Waals surface area (Å²) in [4.78, 5) is 5.29. The fraction of sp³-hybridized carbons (Fsp3) is 0.500. The van der Waals surface area contributed by atoms with E-state index in [2.05, 4.69) is 20.3 Å². The fourth-order valence-electron chi connectivity index (χ4n) is 2.45. The van der Waals surface area contributed by atoms with Gasteiger partial charge in [-0.05, 0) is 12.8 Å². The number of nitrogens with zero attached hydrogens (tertiary/aromatic N) is 5. The molecule has 0 aliphatic carbocycles. The Hall–Kier alpha value is -1.42. The van der Waals surface area contributed by atoms with E-state index in [0.717, 1.165) is 52.5 Å². The highest BCUT2D eigenvalue weighted by molar-refractivity contribution is 7.20. The monoisotopic (exact) mass is 322 g/mol. The molecule has 1 saturated heterocycles. The maximum Gasteiger partial charge on any atom is 0.235 e. The number of thiazole rings is 1. The van der Waals surface area contributed by atoms with Crippen molar-refractivity contribution in [1.29, 1.82) is 0 Å². The lowest BCUT2D eigenvalue weighted by atomic mass is 10.00. The predicted molar refractivity (Wildman–Crippen MR) is 80.5 cm³/mol. The van der Waals surface area contributed by atoms with Crippen LogP contribution in [0, 0.1) is 0 Å². The minimum atomic E-state index is 0.374. The lowest BCUT2D eigenvalue weighted by molar-refractivity contribution is 0.0832. The summed E-state index contributed by atoms with van der Waals surface area (Å²) in [6, 6.07) is 0. The summed E-state index contributed by atoms with van der Waals surface area (Å²) in [5, 5.41) is 17.0. The molecule has 0 spiro atoms. The van der Waals surface area contributed by atoms with Gasteiger partial charge in [-0.15, -0.1) is 21.5 Å². The number of fused-ring (bicyclic) bond motifs is 1. The Kier molecular flexibility index (Phi) is 3.42. The van der Waals surface area contributed by atoms with Crippen LogP contribution in [0.15, 0.2) is 5.38 Å². The Morgan fingerprint density at radius 3 is 2.95 bits per heavy atom. The number of rotatable bonds is 3. The maximum atomic E-state index is 5.61. The molecule has 3 aromatic rings. The van der Waals surface area contributed by atoms with Crippen LogP contribution in [-0.2, 0) is 11.3 Å². The van der Waals surface area contributed by atoms with E-state index in [0.29, 0.717) is 12.5 Å². The molecule has 1 aliphatic heterocycles. The van der Waals surface area contributed by atoms with Crippen LogP contribution in [0.4, 0.5) is 0 Å². The SMILES string of the molecule is NCc1nc(-c2nn3c(C4CCOCC4)nnc3s2)cs1. The molecular weight excluding hydrogens is 308 g/mol. The van der Waals surface area contributed by atoms with Crippen molar-refractivity contribution in [1.82, 2.24) is 24.8 Å². The van der Waals surface area contributed by atoms with Crippen molar-refractivity contribution >= 4 is 27.6 Å². The lowest BCUT2D eigenvalue weighted by Gasteiger charge is -2.19. The van der Waals surface area contributed by atoms with Gasteiger partial charge in [-0.1, -0.05) is 11.3 Å². The number of hydrogen-bond donors (Lipinski definition) is 1. The number of ether oxygens (including phenoxy) is 1. The predicted octanol–water partition coefficient (Wildman–Crippen LogP) is 1.66. The number of nitrogens with two attached hydrogens (primary N) is 1. The van der Waals surface area contributed by atoms with E-state index in [-0.39, 0.29) is 0 Å². The average Bonchev–Trinajstić information content (AvgIpc) is 3.22. The Balaban J connectivity index is 1.71. The zero-order chi connectivity index (χ0) is 14.2. The minimum absolute atomic E-state index is 0.374. The van der Waals surface area contributed by atoms with Gasteiger partial charge in [0.05, 0.1) is 0 Å². The van der Waals surface area contributed by atoms with Gasteiger partial charge in [0.25, 0.3) is 0 Å². The van der Waals surface area contributed by atoms with Crippen molar-refractivity contribution in [2.45, 2.75) is 25.3 Å². The lowest BCUT2D eigenvalue weighted by Crippen LogP contribution is -2.16. The second-order valence-corrected chi connectivity index (χ2v) is 6.78. The summed E-state index contributed by atoms with van der Waals surface area (Å²) in [5.74, 6) is 1.31. The normalized spacial score (nSPS) is 16.8. The zero-order valence-corrected chi connectivity index (χ0v) is 12.9. The van der Waals surface area contributed by atoms with E-state index in [1.807, 2.05) is 9.90 Å². The topological polar surface area (TPSA) is 91.2 Å². The molecule has 4 heterocycles. The Bertz CT molecular complexity index is 757. The first-order chi connectivity index (χ1) is 10.3. The van der Waals surface area contributed by atoms with Crippen LogP contribution in [0.5, 0.6) is 0 Å². The van der Waals surface area contributed by atoms with Crippen molar-refractivity contribution in [2.75, 3.05) is 13.2 Å². The molecule has 0 atom stereocenters. The largest absolute Gasteiger partial charge is 0.381 e. The molecular formula is C12H14N6OS2. The molecule has 0 radical (unpaired) electrons. The first-order valence-electron chi connectivity index (χ1n) is 6.80. The molecule has 0 saturated carbocycles. The van der Waals surface area contributed by atoms with Gasteiger partial charge in [0.1, 0.15) is 10.7 Å². The third-order valence-electron chi connectivity index (χ3n) is 3.55. The van der Waals surface area contributed by atoms with Gasteiger partial charge >= 0.3 is 0 Å². The van der Waals surface area contributed by atoms with Crippen molar-refractivity contribution < 1.29 is 4.74 Å². The molecule has 0 unspecified atom stereocenters. The molecule has 9 heteroatoms. The standard InChI is InChI=1S/C12H14N6OS2/c13-5-9-14-8(6-20-9)11-17-18-10(15-16-12(18)21-11)7-1-3-19-4-2-7/h6-7H,1-5,13H2. The van der Waals surface area contributed by atoms with Crippen LogP contribution >= 0.6 is 22.7 Å². The first-order valence-corrected chi connectivity index (χ1v) is 8.49. The van der Waals surface area contributed by atoms with Gasteiger partial charge in [-0.25, -0.2) is 4.98 Å². The average molecular weight is 322 g/mol. The molecule has 4 rings (SSSR count). The van der Waals surface area contributed by atoms with Crippen molar-refractivity contribution in [2.24, 2.45) is 5.73 Å².